The van der Waals surface area contributed by atoms with Gasteiger partial charge in [0.15, 0.2) is 0 Å². The van der Waals surface area contributed by atoms with Gasteiger partial charge in [0.2, 0.25) is 0 Å². The number of para-hydroxylation sites is 1. The van der Waals surface area contributed by atoms with Gasteiger partial charge in [0.25, 0.3) is 11.8 Å². The minimum Gasteiger partial charge on any atom is -0.312 e. The lowest BCUT2D eigenvalue weighted by atomic mass is 10.1. The van der Waals surface area contributed by atoms with Crippen LogP contribution in [0.2, 0.25) is 0 Å². The Balaban J connectivity index is 1.63. The van der Waals surface area contributed by atoms with E-state index in [0.717, 1.165) is 12.1 Å². The van der Waals surface area contributed by atoms with Gasteiger partial charge in [-0.1, -0.05) is 18.2 Å². The zero-order valence-corrected chi connectivity index (χ0v) is 13.0. The summed E-state index contributed by atoms with van der Waals surface area (Å²) in [6.45, 7) is 2.57. The molecule has 0 spiro atoms. The van der Waals surface area contributed by atoms with Crippen LogP contribution in [0.1, 0.15) is 26.2 Å². The molecular formula is C17H19N3O3. The molecule has 1 aromatic rings. The van der Waals surface area contributed by atoms with Crippen LogP contribution in [0.25, 0.3) is 0 Å². The molecule has 2 unspecified atom stereocenters. The Morgan fingerprint density at radius 3 is 2.35 bits per heavy atom. The molecule has 3 heterocycles. The topological polar surface area (TPSA) is 60.9 Å². The van der Waals surface area contributed by atoms with Crippen molar-refractivity contribution < 1.29 is 14.4 Å². The highest BCUT2D eigenvalue weighted by molar-refractivity contribution is 6.11. The van der Waals surface area contributed by atoms with Crippen molar-refractivity contribution >= 4 is 23.5 Å². The maximum Gasteiger partial charge on any atom is 0.328 e. The molecule has 3 fully saturated rings. The molecule has 3 saturated heterocycles. The van der Waals surface area contributed by atoms with Gasteiger partial charge in [0, 0.05) is 18.3 Å². The van der Waals surface area contributed by atoms with Crippen LogP contribution in [0.3, 0.4) is 0 Å². The molecule has 4 amide bonds. The number of carbonyl (C=O) groups is 3. The summed E-state index contributed by atoms with van der Waals surface area (Å²) in [5.74, 6) is -0.362. The van der Waals surface area contributed by atoms with Gasteiger partial charge in [0.05, 0.1) is 0 Å². The average Bonchev–Trinajstić information content (AvgIpc) is 3.19. The van der Waals surface area contributed by atoms with Crippen LogP contribution in [0.15, 0.2) is 30.3 Å². The van der Waals surface area contributed by atoms with E-state index >= 15 is 0 Å². The van der Waals surface area contributed by atoms with E-state index in [1.165, 1.54) is 4.90 Å². The predicted molar refractivity (Wildman–Crippen MR) is 83.8 cm³/mol. The highest BCUT2D eigenvalue weighted by Crippen LogP contribution is 2.35. The number of fused-ring (bicyclic) bond motifs is 1. The van der Waals surface area contributed by atoms with Gasteiger partial charge in [-0.25, -0.2) is 9.69 Å². The number of benzene rings is 1. The van der Waals surface area contributed by atoms with Crippen LogP contribution in [0, 0.1) is 0 Å². The molecule has 23 heavy (non-hydrogen) atoms. The summed E-state index contributed by atoms with van der Waals surface area (Å²) < 4.78 is 0. The molecule has 3 aliphatic heterocycles. The Kier molecular flexibility index (Phi) is 3.14. The molecular weight excluding hydrogens is 294 g/mol. The maximum atomic E-state index is 12.9. The first-order valence-electron chi connectivity index (χ1n) is 8.11. The summed E-state index contributed by atoms with van der Waals surface area (Å²) in [6.07, 6.45) is 2.06. The van der Waals surface area contributed by atoms with Gasteiger partial charge >= 0.3 is 6.03 Å². The first kappa shape index (κ1) is 14.2. The van der Waals surface area contributed by atoms with E-state index in [4.69, 9.17) is 0 Å². The monoisotopic (exact) mass is 313 g/mol. The van der Waals surface area contributed by atoms with Crippen LogP contribution in [0.5, 0.6) is 0 Å². The van der Waals surface area contributed by atoms with Crippen LogP contribution >= 0.6 is 0 Å². The summed E-state index contributed by atoms with van der Waals surface area (Å²) in [5.41, 5.74) is 0.812. The fourth-order valence-corrected chi connectivity index (χ4v) is 4.03. The lowest BCUT2D eigenvalue weighted by Gasteiger charge is -2.23. The van der Waals surface area contributed by atoms with E-state index < -0.39 is 6.04 Å². The Hall–Kier alpha value is -2.37. The SMILES string of the molecule is CC1CC(N2C(=O)[C@H]3CCCN3C2=O)C(=O)N1c1ccccc1. The Bertz CT molecular complexity index is 653. The van der Waals surface area contributed by atoms with Crippen molar-refractivity contribution in [2.45, 2.75) is 44.3 Å². The molecule has 120 valence electrons. The van der Waals surface area contributed by atoms with Gasteiger partial charge in [-0.05, 0) is 38.3 Å². The maximum absolute atomic E-state index is 12.9. The lowest BCUT2D eigenvalue weighted by Crippen LogP contribution is -2.46. The van der Waals surface area contributed by atoms with Gasteiger partial charge < -0.3 is 9.80 Å². The molecule has 0 bridgehead atoms. The van der Waals surface area contributed by atoms with Crippen molar-refractivity contribution in [2.75, 3.05) is 11.4 Å². The first-order chi connectivity index (χ1) is 11.1. The second-order valence-corrected chi connectivity index (χ2v) is 6.49. The normalized spacial score (nSPS) is 30.6. The molecule has 3 atom stereocenters. The van der Waals surface area contributed by atoms with Gasteiger partial charge in [-0.15, -0.1) is 0 Å². The molecule has 4 rings (SSSR count). The molecule has 0 aliphatic carbocycles. The second kappa shape index (κ2) is 5.08. The van der Waals surface area contributed by atoms with Crippen LogP contribution in [-0.4, -0.2) is 52.3 Å². The fraction of sp³-hybridized carbons (Fsp3) is 0.471. The zero-order valence-electron chi connectivity index (χ0n) is 13.0. The third kappa shape index (κ3) is 1.97. The molecule has 3 aliphatic rings. The summed E-state index contributed by atoms with van der Waals surface area (Å²) in [7, 11) is 0. The fourth-order valence-electron chi connectivity index (χ4n) is 4.03. The van der Waals surface area contributed by atoms with E-state index in [1.807, 2.05) is 37.3 Å². The van der Waals surface area contributed by atoms with E-state index in [9.17, 15) is 14.4 Å². The van der Waals surface area contributed by atoms with Crippen molar-refractivity contribution in [2.24, 2.45) is 0 Å². The number of rotatable bonds is 2. The van der Waals surface area contributed by atoms with Crippen LogP contribution in [0.4, 0.5) is 10.5 Å². The van der Waals surface area contributed by atoms with Crippen molar-refractivity contribution in [3.63, 3.8) is 0 Å². The van der Waals surface area contributed by atoms with E-state index in [0.29, 0.717) is 19.4 Å². The molecule has 1 aromatic carbocycles. The Morgan fingerprint density at radius 2 is 1.65 bits per heavy atom. The highest BCUT2D eigenvalue weighted by Gasteiger charge is 2.54. The van der Waals surface area contributed by atoms with Gasteiger partial charge in [-0.2, -0.15) is 0 Å². The number of anilines is 1. The van der Waals surface area contributed by atoms with E-state index in [1.54, 1.807) is 9.80 Å². The lowest BCUT2D eigenvalue weighted by molar-refractivity contribution is -0.133. The number of amides is 4. The number of nitrogens with zero attached hydrogens (tertiary/aromatic N) is 3. The minimum atomic E-state index is -0.671. The molecule has 0 N–H and O–H groups in total. The summed E-state index contributed by atoms with van der Waals surface area (Å²) >= 11 is 0. The van der Waals surface area contributed by atoms with Crippen molar-refractivity contribution in [3.05, 3.63) is 30.3 Å². The molecule has 6 nitrogen and oxygen atoms in total. The van der Waals surface area contributed by atoms with Crippen LogP contribution < -0.4 is 4.90 Å². The number of hydrogen-bond donors (Lipinski definition) is 0. The smallest absolute Gasteiger partial charge is 0.312 e. The van der Waals surface area contributed by atoms with Crippen molar-refractivity contribution in [3.8, 4) is 0 Å². The average molecular weight is 313 g/mol. The van der Waals surface area contributed by atoms with Crippen LogP contribution in [-0.2, 0) is 9.59 Å². The first-order valence-corrected chi connectivity index (χ1v) is 8.11. The molecule has 6 heteroatoms. The van der Waals surface area contributed by atoms with E-state index in [2.05, 4.69) is 0 Å². The summed E-state index contributed by atoms with van der Waals surface area (Å²) in [5, 5.41) is 0. The zero-order chi connectivity index (χ0) is 16.1. The summed E-state index contributed by atoms with van der Waals surface area (Å²) in [6, 6.07) is 8.06. The molecule has 0 saturated carbocycles. The van der Waals surface area contributed by atoms with E-state index in [-0.39, 0.29) is 29.9 Å². The van der Waals surface area contributed by atoms with Gasteiger partial charge in [0.1, 0.15) is 12.1 Å². The quantitative estimate of drug-likeness (QED) is 0.779. The second-order valence-electron chi connectivity index (χ2n) is 6.49. The van der Waals surface area contributed by atoms with Gasteiger partial charge in [-0.3, -0.25) is 9.59 Å². The third-order valence-corrected chi connectivity index (χ3v) is 5.10. The molecule has 0 aromatic heterocycles. The van der Waals surface area contributed by atoms with Crippen molar-refractivity contribution in [1.82, 2.24) is 9.80 Å². The van der Waals surface area contributed by atoms with Crippen molar-refractivity contribution in [1.29, 1.82) is 0 Å². The number of imide groups is 1. The summed E-state index contributed by atoms with van der Waals surface area (Å²) in [4.78, 5) is 42.5. The molecule has 0 radical (unpaired) electrons. The number of hydrogen-bond acceptors (Lipinski definition) is 3. The Morgan fingerprint density at radius 1 is 0.957 bits per heavy atom. The predicted octanol–water partition coefficient (Wildman–Crippen LogP) is 1.61. The largest absolute Gasteiger partial charge is 0.328 e. The standard InChI is InChI=1S/C17H19N3O3/c1-11-10-14(16(22)19(11)12-6-3-2-4-7-12)20-15(21)13-8-5-9-18(13)17(20)23/h2-4,6-7,11,13-14H,5,8-10H2,1H3/t11?,13-,14?/m1/s1. The Labute approximate surface area is 134 Å². The number of urea groups is 1. The highest BCUT2D eigenvalue weighted by atomic mass is 16.2. The minimum absolute atomic E-state index is 0.0362. The third-order valence-electron chi connectivity index (χ3n) is 5.10. The number of carbonyl (C=O) groups excluding carboxylic acids is 3.